The maximum atomic E-state index is 11.3. The summed E-state index contributed by atoms with van der Waals surface area (Å²) in [4.78, 5) is 11.3. The van der Waals surface area contributed by atoms with Crippen molar-refractivity contribution in [3.05, 3.63) is 23.8 Å². The Labute approximate surface area is 119 Å². The van der Waals surface area contributed by atoms with Crippen molar-refractivity contribution in [2.45, 2.75) is 43.9 Å². The van der Waals surface area contributed by atoms with E-state index >= 15 is 0 Å². The highest BCUT2D eigenvalue weighted by atomic mass is 16.5. The van der Waals surface area contributed by atoms with E-state index in [0.717, 1.165) is 42.7 Å². The Balaban J connectivity index is 2.44. The number of aliphatic carboxylic acids is 1. The highest BCUT2D eigenvalue weighted by Crippen LogP contribution is 2.44. The summed E-state index contributed by atoms with van der Waals surface area (Å²) in [5.41, 5.74) is 0.738. The zero-order valence-electron chi connectivity index (χ0n) is 12.1. The Bertz CT molecular complexity index is 453. The van der Waals surface area contributed by atoms with E-state index in [1.54, 1.807) is 14.2 Å². The third-order valence-corrected chi connectivity index (χ3v) is 4.26. The van der Waals surface area contributed by atoms with Crippen molar-refractivity contribution in [1.82, 2.24) is 0 Å². The molecule has 0 unspecified atom stereocenters. The predicted octanol–water partition coefficient (Wildman–Crippen LogP) is 3.38. The number of carboxylic acid groups (broad SMARTS) is 1. The first kappa shape index (κ1) is 14.7. The van der Waals surface area contributed by atoms with Crippen LogP contribution in [0.2, 0.25) is 0 Å². The van der Waals surface area contributed by atoms with Crippen LogP contribution in [-0.4, -0.2) is 25.3 Å². The summed E-state index contributed by atoms with van der Waals surface area (Å²) in [7, 11) is 3.23. The molecule has 1 aromatic rings. The molecule has 1 fully saturated rings. The van der Waals surface area contributed by atoms with E-state index in [2.05, 4.69) is 0 Å². The molecule has 2 rings (SSSR count). The van der Waals surface area contributed by atoms with Gasteiger partial charge in [-0.2, -0.15) is 0 Å². The van der Waals surface area contributed by atoms with Gasteiger partial charge in [-0.25, -0.2) is 0 Å². The van der Waals surface area contributed by atoms with E-state index in [-0.39, 0.29) is 11.8 Å². The monoisotopic (exact) mass is 278 g/mol. The molecule has 0 heterocycles. The van der Waals surface area contributed by atoms with E-state index in [9.17, 15) is 9.90 Å². The van der Waals surface area contributed by atoms with Gasteiger partial charge in [0.1, 0.15) is 11.5 Å². The Kier molecular flexibility index (Phi) is 4.53. The molecule has 0 amide bonds. The van der Waals surface area contributed by atoms with Crippen LogP contribution < -0.4 is 9.47 Å². The summed E-state index contributed by atoms with van der Waals surface area (Å²) >= 11 is 0. The van der Waals surface area contributed by atoms with E-state index in [1.165, 1.54) is 6.42 Å². The van der Waals surface area contributed by atoms with Crippen LogP contribution in [0.3, 0.4) is 0 Å². The van der Waals surface area contributed by atoms with Crippen LogP contribution in [0.1, 0.15) is 44.1 Å². The highest BCUT2D eigenvalue weighted by molar-refractivity contribution is 5.69. The van der Waals surface area contributed by atoms with Crippen molar-refractivity contribution in [1.29, 1.82) is 0 Å². The van der Waals surface area contributed by atoms with Gasteiger partial charge < -0.3 is 14.6 Å². The van der Waals surface area contributed by atoms with Gasteiger partial charge in [-0.15, -0.1) is 0 Å². The quantitative estimate of drug-likeness (QED) is 0.897. The van der Waals surface area contributed by atoms with E-state index in [4.69, 9.17) is 9.47 Å². The number of hydrogen-bond acceptors (Lipinski definition) is 3. The second-order valence-electron chi connectivity index (χ2n) is 5.51. The Morgan fingerprint density at radius 1 is 1.10 bits per heavy atom. The number of rotatable bonds is 5. The number of methoxy groups -OCH3 is 2. The summed E-state index contributed by atoms with van der Waals surface area (Å²) in [6, 6.07) is 5.73. The van der Waals surface area contributed by atoms with Gasteiger partial charge in [0.05, 0.1) is 20.6 Å². The average Bonchev–Trinajstić information content (AvgIpc) is 2.47. The highest BCUT2D eigenvalue weighted by Gasteiger charge is 2.36. The summed E-state index contributed by atoms with van der Waals surface area (Å²) < 4.78 is 10.6. The molecule has 1 aliphatic carbocycles. The standard InChI is InChI=1S/C16H22O4/c1-19-13-8-12(9-14(10-13)20-2)16(11-15(17)18)6-4-3-5-7-16/h8-10H,3-7,11H2,1-2H3,(H,17,18). The molecule has 110 valence electrons. The third kappa shape index (κ3) is 3.06. The van der Waals surface area contributed by atoms with Crippen LogP contribution in [0.25, 0.3) is 0 Å². The van der Waals surface area contributed by atoms with Gasteiger partial charge in [0.15, 0.2) is 0 Å². The van der Waals surface area contributed by atoms with Gasteiger partial charge >= 0.3 is 5.97 Å². The van der Waals surface area contributed by atoms with Crippen molar-refractivity contribution in [2.75, 3.05) is 14.2 Å². The third-order valence-electron chi connectivity index (χ3n) is 4.26. The Hall–Kier alpha value is -1.71. The molecule has 0 bridgehead atoms. The zero-order chi connectivity index (χ0) is 14.6. The topological polar surface area (TPSA) is 55.8 Å². The van der Waals surface area contributed by atoms with Gasteiger partial charge in [-0.05, 0) is 30.5 Å². The minimum Gasteiger partial charge on any atom is -0.497 e. The fourth-order valence-corrected chi connectivity index (χ4v) is 3.20. The molecular formula is C16H22O4. The summed E-state index contributed by atoms with van der Waals surface area (Å²) in [5.74, 6) is 0.693. The number of ether oxygens (including phenoxy) is 2. The van der Waals surface area contributed by atoms with Crippen molar-refractivity contribution >= 4 is 5.97 Å². The summed E-state index contributed by atoms with van der Waals surface area (Å²) in [6.45, 7) is 0. The number of carbonyl (C=O) groups is 1. The summed E-state index contributed by atoms with van der Waals surface area (Å²) in [5, 5.41) is 9.28. The van der Waals surface area contributed by atoms with Gasteiger partial charge in [0, 0.05) is 11.5 Å². The summed E-state index contributed by atoms with van der Waals surface area (Å²) in [6.07, 6.45) is 5.33. The minimum absolute atomic E-state index is 0.170. The molecular weight excluding hydrogens is 256 g/mol. The largest absolute Gasteiger partial charge is 0.497 e. The fourth-order valence-electron chi connectivity index (χ4n) is 3.20. The Morgan fingerprint density at radius 2 is 1.65 bits per heavy atom. The van der Waals surface area contributed by atoms with Crippen LogP contribution in [0.15, 0.2) is 18.2 Å². The Morgan fingerprint density at radius 3 is 2.10 bits per heavy atom. The normalized spacial score (nSPS) is 17.5. The predicted molar refractivity (Wildman–Crippen MR) is 76.6 cm³/mol. The molecule has 1 aliphatic rings. The van der Waals surface area contributed by atoms with Crippen molar-refractivity contribution in [2.24, 2.45) is 0 Å². The lowest BCUT2D eigenvalue weighted by atomic mass is 9.67. The first-order chi connectivity index (χ1) is 9.59. The first-order valence-corrected chi connectivity index (χ1v) is 7.05. The molecule has 1 aromatic carbocycles. The first-order valence-electron chi connectivity index (χ1n) is 7.05. The van der Waals surface area contributed by atoms with Crippen LogP contribution in [0.4, 0.5) is 0 Å². The van der Waals surface area contributed by atoms with Crippen LogP contribution in [0.5, 0.6) is 11.5 Å². The average molecular weight is 278 g/mol. The molecule has 0 radical (unpaired) electrons. The lowest BCUT2D eigenvalue weighted by Crippen LogP contribution is -2.32. The van der Waals surface area contributed by atoms with Gasteiger partial charge in [-0.1, -0.05) is 19.3 Å². The fraction of sp³-hybridized carbons (Fsp3) is 0.562. The minimum atomic E-state index is -0.742. The SMILES string of the molecule is COc1cc(OC)cc(C2(CC(=O)O)CCCCC2)c1. The van der Waals surface area contributed by atoms with Crippen LogP contribution in [0, 0.1) is 0 Å². The number of hydrogen-bond donors (Lipinski definition) is 1. The molecule has 20 heavy (non-hydrogen) atoms. The molecule has 0 atom stereocenters. The van der Waals surface area contributed by atoms with Crippen LogP contribution in [-0.2, 0) is 10.2 Å². The maximum Gasteiger partial charge on any atom is 0.304 e. The van der Waals surface area contributed by atoms with Crippen molar-refractivity contribution in [3.63, 3.8) is 0 Å². The molecule has 0 spiro atoms. The lowest BCUT2D eigenvalue weighted by Gasteiger charge is -2.37. The van der Waals surface area contributed by atoms with Crippen molar-refractivity contribution in [3.8, 4) is 11.5 Å². The van der Waals surface area contributed by atoms with E-state index < -0.39 is 5.97 Å². The van der Waals surface area contributed by atoms with Gasteiger partial charge in [0.2, 0.25) is 0 Å². The number of carboxylic acids is 1. The van der Waals surface area contributed by atoms with Gasteiger partial charge in [-0.3, -0.25) is 4.79 Å². The smallest absolute Gasteiger partial charge is 0.304 e. The maximum absolute atomic E-state index is 11.3. The second kappa shape index (κ2) is 6.16. The van der Waals surface area contributed by atoms with E-state index in [1.807, 2.05) is 18.2 Å². The number of benzene rings is 1. The lowest BCUT2D eigenvalue weighted by molar-refractivity contribution is -0.138. The molecule has 4 nitrogen and oxygen atoms in total. The molecule has 4 heteroatoms. The van der Waals surface area contributed by atoms with Gasteiger partial charge in [0.25, 0.3) is 0 Å². The van der Waals surface area contributed by atoms with Crippen molar-refractivity contribution < 1.29 is 19.4 Å². The van der Waals surface area contributed by atoms with E-state index in [0.29, 0.717) is 0 Å². The molecule has 0 aromatic heterocycles. The van der Waals surface area contributed by atoms with Crippen LogP contribution >= 0.6 is 0 Å². The second-order valence-corrected chi connectivity index (χ2v) is 5.51. The molecule has 0 aliphatic heterocycles. The molecule has 1 N–H and O–H groups in total. The zero-order valence-corrected chi connectivity index (χ0v) is 12.1. The molecule has 1 saturated carbocycles. The molecule has 0 saturated heterocycles.